The number of furan rings is 1. The number of carbonyl (C=O) groups is 1. The summed E-state index contributed by atoms with van der Waals surface area (Å²) in [6, 6.07) is 16.0. The number of amides is 1. The highest BCUT2D eigenvalue weighted by Crippen LogP contribution is 2.36. The number of hydrogen-bond donors (Lipinski definition) is 0. The summed E-state index contributed by atoms with van der Waals surface area (Å²) in [5.41, 5.74) is 1.16. The van der Waals surface area contributed by atoms with Gasteiger partial charge in [0.2, 0.25) is 5.91 Å². The van der Waals surface area contributed by atoms with Gasteiger partial charge in [0.25, 0.3) is 0 Å². The molecular weight excluding hydrogens is 390 g/mol. The topological polar surface area (TPSA) is 59.2 Å². The van der Waals surface area contributed by atoms with E-state index in [1.165, 1.54) is 11.8 Å². The second-order valence-corrected chi connectivity index (χ2v) is 8.38. The first-order valence-corrected chi connectivity index (χ1v) is 10.6. The molecule has 142 valence electrons. The molecule has 1 amide bonds. The lowest BCUT2D eigenvalue weighted by molar-refractivity contribution is -0.127. The first kappa shape index (κ1) is 18.7. The van der Waals surface area contributed by atoms with E-state index in [0.29, 0.717) is 18.1 Å². The predicted molar refractivity (Wildman–Crippen MR) is 113 cm³/mol. The largest absolute Gasteiger partial charge is 0.467 e. The molecule has 0 aliphatic carbocycles. The SMILES string of the molecule is Cc1nc(SCC(=O)N(C)Cc2ccco2)c2cc(-c3ccccc3)sc2n1. The summed E-state index contributed by atoms with van der Waals surface area (Å²) >= 11 is 3.11. The molecule has 4 aromatic rings. The summed E-state index contributed by atoms with van der Waals surface area (Å²) in [5.74, 6) is 1.84. The fourth-order valence-corrected chi connectivity index (χ4v) is 4.95. The number of rotatable bonds is 6. The van der Waals surface area contributed by atoms with Crippen LogP contribution < -0.4 is 0 Å². The van der Waals surface area contributed by atoms with Crippen LogP contribution in [-0.4, -0.2) is 33.6 Å². The van der Waals surface area contributed by atoms with Crippen molar-refractivity contribution in [2.45, 2.75) is 18.5 Å². The van der Waals surface area contributed by atoms with Crippen LogP contribution in [0.15, 0.2) is 64.2 Å². The quantitative estimate of drug-likeness (QED) is 0.331. The zero-order valence-corrected chi connectivity index (χ0v) is 17.2. The van der Waals surface area contributed by atoms with Crippen molar-refractivity contribution in [3.63, 3.8) is 0 Å². The van der Waals surface area contributed by atoms with E-state index in [-0.39, 0.29) is 5.91 Å². The number of hydrogen-bond acceptors (Lipinski definition) is 6. The number of thiophene rings is 1. The van der Waals surface area contributed by atoms with Crippen molar-refractivity contribution in [3.05, 3.63) is 66.4 Å². The van der Waals surface area contributed by atoms with Crippen molar-refractivity contribution in [3.8, 4) is 10.4 Å². The van der Waals surface area contributed by atoms with Gasteiger partial charge < -0.3 is 9.32 Å². The molecule has 4 rings (SSSR count). The van der Waals surface area contributed by atoms with Gasteiger partial charge in [-0.2, -0.15) is 0 Å². The Morgan fingerprint density at radius 1 is 1.18 bits per heavy atom. The molecule has 7 heteroatoms. The summed E-state index contributed by atoms with van der Waals surface area (Å²) in [6.45, 7) is 2.34. The molecule has 3 heterocycles. The predicted octanol–water partition coefficient (Wildman–Crippen LogP) is 5.01. The Morgan fingerprint density at radius 2 is 2.00 bits per heavy atom. The normalized spacial score (nSPS) is 11.1. The Hall–Kier alpha value is -2.64. The molecule has 0 radical (unpaired) electrons. The maximum absolute atomic E-state index is 12.5. The minimum absolute atomic E-state index is 0.0318. The van der Waals surface area contributed by atoms with Crippen LogP contribution in [0.25, 0.3) is 20.7 Å². The van der Waals surface area contributed by atoms with Gasteiger partial charge >= 0.3 is 0 Å². The minimum atomic E-state index is 0.0318. The molecule has 1 aromatic carbocycles. The van der Waals surface area contributed by atoms with Crippen molar-refractivity contribution >= 4 is 39.2 Å². The maximum Gasteiger partial charge on any atom is 0.233 e. The van der Waals surface area contributed by atoms with E-state index >= 15 is 0 Å². The second-order valence-electron chi connectivity index (χ2n) is 6.39. The molecule has 0 spiro atoms. The fourth-order valence-electron chi connectivity index (χ4n) is 2.82. The summed E-state index contributed by atoms with van der Waals surface area (Å²) < 4.78 is 5.32. The lowest BCUT2D eigenvalue weighted by Gasteiger charge is -2.15. The highest BCUT2D eigenvalue weighted by molar-refractivity contribution is 8.00. The summed E-state index contributed by atoms with van der Waals surface area (Å²) in [5, 5.41) is 1.85. The number of carbonyl (C=O) groups excluding carboxylic acids is 1. The van der Waals surface area contributed by atoms with Crippen LogP contribution in [0.4, 0.5) is 0 Å². The van der Waals surface area contributed by atoms with E-state index in [0.717, 1.165) is 31.4 Å². The summed E-state index contributed by atoms with van der Waals surface area (Å²) in [4.78, 5) is 25.4. The number of nitrogens with zero attached hydrogens (tertiary/aromatic N) is 3. The van der Waals surface area contributed by atoms with Gasteiger partial charge in [-0.15, -0.1) is 11.3 Å². The van der Waals surface area contributed by atoms with E-state index in [4.69, 9.17) is 4.42 Å². The van der Waals surface area contributed by atoms with E-state index in [1.807, 2.05) is 37.3 Å². The Balaban J connectivity index is 1.53. The molecule has 3 aromatic heterocycles. The monoisotopic (exact) mass is 409 g/mol. The molecule has 0 fully saturated rings. The minimum Gasteiger partial charge on any atom is -0.467 e. The van der Waals surface area contributed by atoms with Crippen molar-refractivity contribution in [2.75, 3.05) is 12.8 Å². The number of aromatic nitrogens is 2. The molecule has 0 bridgehead atoms. The molecule has 5 nitrogen and oxygen atoms in total. The van der Waals surface area contributed by atoms with Crippen molar-refractivity contribution in [1.29, 1.82) is 0 Å². The standard InChI is InChI=1S/C21H19N3O2S2/c1-14-22-20(27-13-19(25)24(2)12-16-9-6-10-26-16)17-11-18(28-21(17)23-14)15-7-4-3-5-8-15/h3-11H,12-13H2,1-2H3. The van der Waals surface area contributed by atoms with Gasteiger partial charge in [-0.25, -0.2) is 9.97 Å². The van der Waals surface area contributed by atoms with Crippen molar-refractivity contribution in [1.82, 2.24) is 14.9 Å². The average molecular weight is 410 g/mol. The molecule has 0 saturated carbocycles. The Morgan fingerprint density at radius 3 is 2.75 bits per heavy atom. The molecule has 0 aliphatic heterocycles. The maximum atomic E-state index is 12.5. The number of benzene rings is 1. The highest BCUT2D eigenvalue weighted by atomic mass is 32.2. The van der Waals surface area contributed by atoms with Gasteiger partial charge in [0.05, 0.1) is 18.6 Å². The van der Waals surface area contributed by atoms with Crippen LogP contribution in [0, 0.1) is 6.92 Å². The smallest absolute Gasteiger partial charge is 0.233 e. The number of thioether (sulfide) groups is 1. The molecule has 28 heavy (non-hydrogen) atoms. The average Bonchev–Trinajstić information content (AvgIpc) is 3.36. The Bertz CT molecular complexity index is 1090. The third-order valence-electron chi connectivity index (χ3n) is 4.26. The first-order valence-electron chi connectivity index (χ1n) is 8.83. The van der Waals surface area contributed by atoms with Crippen LogP contribution in [0.2, 0.25) is 0 Å². The van der Waals surface area contributed by atoms with E-state index in [2.05, 4.69) is 28.2 Å². The van der Waals surface area contributed by atoms with Crippen LogP contribution >= 0.6 is 23.1 Å². The van der Waals surface area contributed by atoms with E-state index < -0.39 is 0 Å². The lowest BCUT2D eigenvalue weighted by atomic mass is 10.2. The zero-order valence-electron chi connectivity index (χ0n) is 15.6. The van der Waals surface area contributed by atoms with Gasteiger partial charge in [-0.1, -0.05) is 42.1 Å². The highest BCUT2D eigenvalue weighted by Gasteiger charge is 2.16. The van der Waals surface area contributed by atoms with Crippen LogP contribution in [0.3, 0.4) is 0 Å². The van der Waals surface area contributed by atoms with Gasteiger partial charge in [0, 0.05) is 17.3 Å². The van der Waals surface area contributed by atoms with Crippen LogP contribution in [-0.2, 0) is 11.3 Å². The van der Waals surface area contributed by atoms with Gasteiger partial charge in [0.15, 0.2) is 0 Å². The third-order valence-corrected chi connectivity index (χ3v) is 6.31. The Labute approximate surface area is 171 Å². The fraction of sp³-hybridized carbons (Fsp3) is 0.190. The van der Waals surface area contributed by atoms with Gasteiger partial charge in [0.1, 0.15) is 21.4 Å². The molecule has 0 unspecified atom stereocenters. The molecule has 0 N–H and O–H groups in total. The first-order chi connectivity index (χ1) is 13.6. The van der Waals surface area contributed by atoms with Crippen molar-refractivity contribution in [2.24, 2.45) is 0 Å². The van der Waals surface area contributed by atoms with Crippen LogP contribution in [0.5, 0.6) is 0 Å². The summed E-state index contributed by atoms with van der Waals surface area (Å²) in [7, 11) is 1.78. The lowest BCUT2D eigenvalue weighted by Crippen LogP contribution is -2.27. The van der Waals surface area contributed by atoms with Crippen molar-refractivity contribution < 1.29 is 9.21 Å². The second kappa shape index (κ2) is 8.16. The molecule has 0 saturated heterocycles. The third kappa shape index (κ3) is 4.10. The van der Waals surface area contributed by atoms with E-state index in [1.54, 1.807) is 29.5 Å². The van der Waals surface area contributed by atoms with E-state index in [9.17, 15) is 4.79 Å². The Kier molecular flexibility index (Phi) is 5.45. The number of fused-ring (bicyclic) bond motifs is 1. The summed E-state index contributed by atoms with van der Waals surface area (Å²) in [6.07, 6.45) is 1.61. The van der Waals surface area contributed by atoms with Crippen LogP contribution in [0.1, 0.15) is 11.6 Å². The molecule has 0 aliphatic rings. The molecule has 0 atom stereocenters. The van der Waals surface area contributed by atoms with Gasteiger partial charge in [-0.3, -0.25) is 4.79 Å². The van der Waals surface area contributed by atoms with Gasteiger partial charge in [-0.05, 0) is 30.7 Å². The number of aryl methyl sites for hydroxylation is 1. The molecular formula is C21H19N3O2S2. The zero-order chi connectivity index (χ0) is 19.5.